The molecule has 32 nitrogen and oxygen atoms in total. The van der Waals surface area contributed by atoms with Crippen LogP contribution < -0.4 is 58.4 Å². The Bertz CT molecular complexity index is 6720. The van der Waals surface area contributed by atoms with Crippen molar-refractivity contribution in [3.05, 3.63) is 264 Å². The summed E-state index contributed by atoms with van der Waals surface area (Å²) in [6.45, 7) is 29.8. The Labute approximate surface area is 875 Å². The van der Waals surface area contributed by atoms with Gasteiger partial charge in [0.2, 0.25) is 23.6 Å². The fourth-order valence-corrected chi connectivity index (χ4v) is 24.0. The molecule has 20 rings (SSSR count). The Hall–Kier alpha value is -13.5. The Morgan fingerprint density at radius 1 is 0.420 bits per heavy atom. The molecule has 0 radical (unpaired) electrons. The van der Waals surface area contributed by atoms with E-state index < -0.39 is 93.6 Å². The van der Waals surface area contributed by atoms with E-state index in [0.717, 1.165) is 105 Å². The average molecular weight is 2050 g/mol. The lowest BCUT2D eigenvalue weighted by Gasteiger charge is -2.44. The number of nitrogens with one attached hydrogen (secondary N) is 4. The molecule has 0 saturated heterocycles. The molecule has 12 aliphatic rings. The van der Waals surface area contributed by atoms with E-state index in [4.69, 9.17) is 66.3 Å². The van der Waals surface area contributed by atoms with Crippen LogP contribution in [0, 0.1) is 11.8 Å². The number of benzene rings is 8. The molecule has 0 fully saturated rings. The number of amides is 8. The van der Waals surface area contributed by atoms with Crippen molar-refractivity contribution in [2.24, 2.45) is 54.7 Å². The van der Waals surface area contributed by atoms with E-state index in [9.17, 15) is 48.6 Å². The summed E-state index contributed by atoms with van der Waals surface area (Å²) in [5.41, 5.74) is 32.7. The summed E-state index contributed by atoms with van der Waals surface area (Å²) in [6.07, 6.45) is 5.19. The van der Waals surface area contributed by atoms with Crippen molar-refractivity contribution in [1.82, 2.24) is 40.9 Å². The topological polar surface area (TPSA) is 447 Å². The smallest absolute Gasteiger partial charge is 0.275 e. The quantitative estimate of drug-likeness (QED) is 0.0319. The molecule has 7 aliphatic heterocycles. The van der Waals surface area contributed by atoms with E-state index in [0.29, 0.717) is 72.3 Å². The number of fused-ring (bicyclic) bond motifs is 8. The maximum Gasteiger partial charge on any atom is 0.275 e. The molecule has 0 bridgehead atoms. The molecule has 7 heterocycles. The first-order chi connectivity index (χ1) is 71.2. The van der Waals surface area contributed by atoms with E-state index in [2.05, 4.69) is 33.2 Å². The largest absolute Gasteiger partial charge is 0.490 e. The second-order valence-electron chi connectivity index (χ2n) is 43.9. The molecule has 0 spiro atoms. The van der Waals surface area contributed by atoms with Gasteiger partial charge in [-0.05, 0) is 204 Å². The summed E-state index contributed by atoms with van der Waals surface area (Å²) in [4.78, 5) is 132. The third kappa shape index (κ3) is 20.3. The SMILES string of the molecule is CCC1(CC)CC(=O)N([C@@H]2CC(OC)c3ccc(C(=O)N[C@@H]4c5ccccc5C[C@@]4(C)O)cc32)C(N)=N1.CCC1(CC)CC(=O)N([C@@H]2CC(OC)c3ccc(C(=O)N[C@@H]4c5ccccc5C[C@H]4O)cc32)C(N)=N1.CCC1(CC)CC(=O)N([C@H]2c3cc(C(=O)N[C@@H]4c5ccccc5OC(C)(C)[C@H]4C)ccc3OCC2OC)C(N)=N1.C[C@H]1[C@H](NC(=O)c2ccc3c(c2)[C@H](N2C(=O)CC(C)(C)N=C2N)CC3(F)F)c2ccccc2OC1(C)C. The van der Waals surface area contributed by atoms with Crippen LogP contribution in [0.15, 0.2) is 190 Å². The molecule has 8 aromatic rings. The second-order valence-corrected chi connectivity index (χ2v) is 43.9. The number of rotatable bonds is 21. The maximum atomic E-state index is 15.0. The summed E-state index contributed by atoms with van der Waals surface area (Å²) < 4.78 is 65.6. The van der Waals surface area contributed by atoms with Crippen molar-refractivity contribution < 1.29 is 85.8 Å². The fourth-order valence-electron chi connectivity index (χ4n) is 24.0. The van der Waals surface area contributed by atoms with Crippen LogP contribution in [0.4, 0.5) is 8.78 Å². The zero-order valence-corrected chi connectivity index (χ0v) is 88.8. The van der Waals surface area contributed by atoms with Crippen molar-refractivity contribution in [2.75, 3.05) is 27.9 Å². The van der Waals surface area contributed by atoms with Gasteiger partial charge >= 0.3 is 0 Å². The van der Waals surface area contributed by atoms with Crippen molar-refractivity contribution in [3.63, 3.8) is 0 Å². The number of aliphatic hydroxyl groups excluding tert-OH is 1. The number of aliphatic imine (C=N–C) groups is 4. The zero-order valence-electron chi connectivity index (χ0n) is 88.8. The Morgan fingerprint density at radius 3 is 1.26 bits per heavy atom. The number of alkyl halides is 2. The average Bonchev–Trinajstić information content (AvgIpc) is 1.62. The fraction of sp³-hybridized carbons (Fsp3) is 0.483. The summed E-state index contributed by atoms with van der Waals surface area (Å²) in [6, 6.07) is 47.4. The number of aliphatic hydroxyl groups is 2. The first-order valence-corrected chi connectivity index (χ1v) is 52.4. The highest BCUT2D eigenvalue weighted by atomic mass is 19.3. The van der Waals surface area contributed by atoms with Gasteiger partial charge < -0.3 is 82.8 Å². The number of para-hydroxylation sites is 2. The van der Waals surface area contributed by atoms with Gasteiger partial charge in [0.1, 0.15) is 41.2 Å². The highest BCUT2D eigenvalue weighted by molar-refractivity contribution is 6.04. The van der Waals surface area contributed by atoms with Crippen LogP contribution in [-0.2, 0) is 52.2 Å². The van der Waals surface area contributed by atoms with Gasteiger partial charge in [0.05, 0.1) is 120 Å². The van der Waals surface area contributed by atoms with Crippen molar-refractivity contribution >= 4 is 71.1 Å². The standard InChI is InChI=1S/C31H40N4O5.C29H36N4O4.C28H32F2N4O3.C28H34N4O4/c1-7-31(8-2)16-25(36)35(29(32)34-31)27-21-15-19(13-14-22(21)39-17-24(27)38-6)28(37)33-26-18(3)30(4,5)40-23-12-10-9-11-20(23)26;1-5-29(6-2)16-24(34)33(27(30)32-29)22-14-23(37-4)20-12-11-17(13-21(20)22)26(35)31-25-19-10-8-7-9-18(19)15-28(25,3)36;1-15-23(17-8-6-7-9-21(17)37-27(15,4)5)32-24(36)16-10-11-19-18(12-16)20(13-28(19,29)30)34-22(35)14-26(2,3)33-25(34)31;1-4-28(5-2)15-24(34)32(27(29)31-28)21-14-23(36-3)19-11-10-17(12-20(19)21)26(35)30-25-18-9-7-6-8-16(18)13-22(25)33/h9-15,18,24,26-27H,7-8,16-17H2,1-6H3,(H2,32,34)(H,33,37);7-13,22-23,25,36H,5-6,14-16H2,1-4H3,(H2,30,32)(H,31,35);6-12,15,20,23H,13-14H2,1-5H3,(H2,31,33)(H,32,36);6-12,21-23,25,33H,4-5,13-15H2,1-3H3,(H2,29,31)(H,30,35)/t18-,24?,26-,27-;22-,23?,25-,28-;15-,20+,23-;21-,22-,23?,25-/m0101/s1. The molecule has 0 aromatic heterocycles. The molecule has 34 heteroatoms. The van der Waals surface area contributed by atoms with Gasteiger partial charge in [-0.15, -0.1) is 0 Å². The van der Waals surface area contributed by atoms with Crippen molar-refractivity contribution in [3.8, 4) is 17.2 Å². The number of nitrogens with zero attached hydrogens (tertiary/aromatic N) is 8. The first-order valence-electron chi connectivity index (χ1n) is 52.4. The third-order valence-electron chi connectivity index (χ3n) is 33.8. The Balaban J connectivity index is 0.000000136. The monoisotopic (exact) mass is 2050 g/mol. The van der Waals surface area contributed by atoms with Crippen LogP contribution in [0.3, 0.4) is 0 Å². The predicted molar refractivity (Wildman–Crippen MR) is 565 cm³/mol. The minimum Gasteiger partial charge on any atom is -0.490 e. The van der Waals surface area contributed by atoms with Gasteiger partial charge in [-0.2, -0.15) is 0 Å². The molecule has 0 saturated carbocycles. The van der Waals surface area contributed by atoms with Crippen LogP contribution in [0.5, 0.6) is 17.2 Å². The number of carbonyl (C=O) groups excluding carboxylic acids is 8. The lowest BCUT2D eigenvalue weighted by atomic mass is 9.79. The van der Waals surface area contributed by atoms with Crippen LogP contribution in [-0.4, -0.2) is 180 Å². The summed E-state index contributed by atoms with van der Waals surface area (Å²) in [7, 11) is 4.87. The molecule has 15 atom stereocenters. The van der Waals surface area contributed by atoms with Gasteiger partial charge in [0.25, 0.3) is 29.6 Å². The first kappa shape index (κ1) is 108. The summed E-state index contributed by atoms with van der Waals surface area (Å²) >= 11 is 0. The maximum absolute atomic E-state index is 15.0. The molecule has 8 aromatic carbocycles. The Morgan fingerprint density at radius 2 is 0.807 bits per heavy atom. The molecule has 150 heavy (non-hydrogen) atoms. The van der Waals surface area contributed by atoms with E-state index in [1.807, 2.05) is 197 Å². The van der Waals surface area contributed by atoms with Gasteiger partial charge in [-0.1, -0.05) is 159 Å². The van der Waals surface area contributed by atoms with Crippen LogP contribution in [0.1, 0.15) is 362 Å². The molecule has 5 aliphatic carbocycles. The van der Waals surface area contributed by atoms with E-state index >= 15 is 8.78 Å². The van der Waals surface area contributed by atoms with E-state index in [1.165, 1.54) is 23.1 Å². The minimum absolute atomic E-state index is 0.0114. The highest BCUT2D eigenvalue weighted by Gasteiger charge is 2.55. The normalized spacial score (nSPS) is 27.0. The van der Waals surface area contributed by atoms with Crippen LogP contribution in [0.25, 0.3) is 0 Å². The zero-order chi connectivity index (χ0) is 108. The molecule has 3 unspecified atom stereocenters. The van der Waals surface area contributed by atoms with Crippen molar-refractivity contribution in [1.29, 1.82) is 0 Å². The number of nitrogens with two attached hydrogens (primary N) is 4. The van der Waals surface area contributed by atoms with Gasteiger partial charge in [0.15, 0.2) is 23.8 Å². The number of hydrogen-bond acceptors (Lipinski definition) is 24. The molecule has 8 amide bonds. The Kier molecular flexibility index (Phi) is 29.9. The lowest BCUT2D eigenvalue weighted by Crippen LogP contribution is -2.56. The number of halogens is 2. The van der Waals surface area contributed by atoms with E-state index in [1.54, 1.807) is 82.2 Å². The third-order valence-corrected chi connectivity index (χ3v) is 33.8. The molecule has 14 N–H and O–H groups in total. The minimum atomic E-state index is -3.17. The summed E-state index contributed by atoms with van der Waals surface area (Å²) in [5, 5.41) is 34.0. The summed E-state index contributed by atoms with van der Waals surface area (Å²) in [5.74, 6) is -2.40. The number of hydrogen-bond donors (Lipinski definition) is 10. The number of carbonyl (C=O) groups is 8. The molecular weight excluding hydrogens is 1910 g/mol. The second kappa shape index (κ2) is 41.7. The van der Waals surface area contributed by atoms with Crippen LogP contribution >= 0.6 is 0 Å². The number of guanidine groups is 4. The highest BCUT2D eigenvalue weighted by Crippen LogP contribution is 2.55. The molecule has 796 valence electrons. The lowest BCUT2D eigenvalue weighted by molar-refractivity contribution is -0.135. The molecular formula is C116H142F2N16O16. The predicted octanol–water partition coefficient (Wildman–Crippen LogP) is 16.4. The van der Waals surface area contributed by atoms with Gasteiger partial charge in [0, 0.05) is 110 Å². The number of methoxy groups -OCH3 is 3. The van der Waals surface area contributed by atoms with Gasteiger partial charge in [-0.3, -0.25) is 58.0 Å². The number of ether oxygens (including phenoxy) is 6. The van der Waals surface area contributed by atoms with Gasteiger partial charge in [-0.25, -0.2) is 28.8 Å². The van der Waals surface area contributed by atoms with Crippen molar-refractivity contribution in [2.45, 2.75) is 318 Å². The van der Waals surface area contributed by atoms with E-state index in [-0.39, 0.29) is 150 Å². The van der Waals surface area contributed by atoms with Crippen LogP contribution in [0.2, 0.25) is 0 Å².